The summed E-state index contributed by atoms with van der Waals surface area (Å²) in [7, 11) is 0. The van der Waals surface area contributed by atoms with Crippen LogP contribution < -0.4 is 4.90 Å². The van der Waals surface area contributed by atoms with E-state index in [0.29, 0.717) is 11.6 Å². The molecule has 0 aromatic heterocycles. The summed E-state index contributed by atoms with van der Waals surface area (Å²) in [5, 5.41) is 18.8. The first kappa shape index (κ1) is 11.9. The van der Waals surface area contributed by atoms with Gasteiger partial charge in [-0.2, -0.15) is 5.26 Å². The zero-order valence-electron chi connectivity index (χ0n) is 10.3. The van der Waals surface area contributed by atoms with E-state index in [-0.39, 0.29) is 0 Å². The second-order valence-corrected chi connectivity index (χ2v) is 4.58. The number of nitrogens with zero attached hydrogens (tertiary/aromatic N) is 2. The van der Waals surface area contributed by atoms with Crippen molar-refractivity contribution in [1.82, 2.24) is 0 Å². The summed E-state index contributed by atoms with van der Waals surface area (Å²) in [6.07, 6.45) is 1.93. The van der Waals surface area contributed by atoms with Gasteiger partial charge >= 0.3 is 0 Å². The lowest BCUT2D eigenvalue weighted by atomic mass is 10.0. The Hall–Kier alpha value is -1.53. The fourth-order valence-electron chi connectivity index (χ4n) is 2.23. The number of benzene rings is 1. The van der Waals surface area contributed by atoms with Gasteiger partial charge in [0.15, 0.2) is 0 Å². The fraction of sp³-hybridized carbons (Fsp3) is 0.500. The molecule has 0 spiro atoms. The smallest absolute Gasteiger partial charge is 0.0992 e. The molecular formula is C14H18N2O. The molecule has 17 heavy (non-hydrogen) atoms. The van der Waals surface area contributed by atoms with Crippen LogP contribution in [0.4, 0.5) is 5.69 Å². The largest absolute Gasteiger partial charge is 0.389 e. The van der Waals surface area contributed by atoms with Gasteiger partial charge in [0.25, 0.3) is 0 Å². The molecule has 1 aliphatic carbocycles. The maximum atomic E-state index is 9.81. The van der Waals surface area contributed by atoms with Crippen molar-refractivity contribution in [2.24, 2.45) is 0 Å². The van der Waals surface area contributed by atoms with Gasteiger partial charge in [-0.25, -0.2) is 0 Å². The molecule has 1 aromatic carbocycles. The second kappa shape index (κ2) is 4.77. The van der Waals surface area contributed by atoms with Crippen molar-refractivity contribution in [2.75, 3.05) is 11.4 Å². The zero-order chi connectivity index (χ0) is 12.4. The molecule has 1 fully saturated rings. The Balaban J connectivity index is 2.43. The molecule has 1 atom stereocenters. The standard InChI is InChI=1S/C14H18N2O/c1-3-16(12-5-6-12)14-8-11(9-15)4-7-13(14)10(2)17/h4,7-8,10,12,17H,3,5-6H2,1-2H3/t10-/m0/s1. The van der Waals surface area contributed by atoms with Gasteiger partial charge in [-0.3, -0.25) is 0 Å². The molecule has 90 valence electrons. The number of hydrogen-bond acceptors (Lipinski definition) is 3. The minimum absolute atomic E-state index is 0.495. The first-order chi connectivity index (χ1) is 8.17. The summed E-state index contributed by atoms with van der Waals surface area (Å²) in [6.45, 7) is 4.80. The highest BCUT2D eigenvalue weighted by Gasteiger charge is 2.30. The predicted molar refractivity (Wildman–Crippen MR) is 67.8 cm³/mol. The van der Waals surface area contributed by atoms with Crippen LogP contribution in [0.25, 0.3) is 0 Å². The van der Waals surface area contributed by atoms with Crippen LogP contribution in [-0.2, 0) is 0 Å². The molecular weight excluding hydrogens is 212 g/mol. The van der Waals surface area contributed by atoms with Crippen molar-refractivity contribution in [3.8, 4) is 6.07 Å². The van der Waals surface area contributed by atoms with Gasteiger partial charge in [-0.1, -0.05) is 6.07 Å². The lowest BCUT2D eigenvalue weighted by Gasteiger charge is -2.26. The molecule has 0 bridgehead atoms. The van der Waals surface area contributed by atoms with Crippen molar-refractivity contribution < 1.29 is 5.11 Å². The third-order valence-corrected chi connectivity index (χ3v) is 3.25. The van der Waals surface area contributed by atoms with E-state index in [1.165, 1.54) is 12.8 Å². The molecule has 3 nitrogen and oxygen atoms in total. The summed E-state index contributed by atoms with van der Waals surface area (Å²) >= 11 is 0. The maximum absolute atomic E-state index is 9.81. The van der Waals surface area contributed by atoms with Gasteiger partial charge in [0, 0.05) is 23.8 Å². The van der Waals surface area contributed by atoms with Crippen molar-refractivity contribution in [2.45, 2.75) is 38.8 Å². The summed E-state index contributed by atoms with van der Waals surface area (Å²) < 4.78 is 0. The number of aliphatic hydroxyl groups excluding tert-OH is 1. The van der Waals surface area contributed by atoms with E-state index >= 15 is 0 Å². The molecule has 1 aliphatic rings. The Morgan fingerprint density at radius 1 is 1.53 bits per heavy atom. The van der Waals surface area contributed by atoms with Crippen LogP contribution in [0.15, 0.2) is 18.2 Å². The summed E-state index contributed by atoms with van der Waals surface area (Å²) in [4.78, 5) is 2.29. The minimum atomic E-state index is -0.495. The van der Waals surface area contributed by atoms with E-state index in [1.807, 2.05) is 12.1 Å². The van der Waals surface area contributed by atoms with E-state index in [4.69, 9.17) is 5.26 Å². The Morgan fingerprint density at radius 2 is 2.24 bits per heavy atom. The summed E-state index contributed by atoms with van der Waals surface area (Å²) in [6, 6.07) is 8.28. The molecule has 0 radical (unpaired) electrons. The topological polar surface area (TPSA) is 47.3 Å². The Morgan fingerprint density at radius 3 is 2.71 bits per heavy atom. The number of aliphatic hydroxyl groups is 1. The molecule has 0 unspecified atom stereocenters. The molecule has 3 heteroatoms. The molecule has 2 rings (SSSR count). The molecule has 0 saturated heterocycles. The SMILES string of the molecule is CCN(c1cc(C#N)ccc1[C@H](C)O)C1CC1. The lowest BCUT2D eigenvalue weighted by Crippen LogP contribution is -2.26. The maximum Gasteiger partial charge on any atom is 0.0992 e. The van der Waals surface area contributed by atoms with E-state index in [2.05, 4.69) is 17.9 Å². The van der Waals surface area contributed by atoms with Crippen molar-refractivity contribution >= 4 is 5.69 Å². The first-order valence-electron chi connectivity index (χ1n) is 6.16. The van der Waals surface area contributed by atoms with Gasteiger partial charge < -0.3 is 10.0 Å². The summed E-state index contributed by atoms with van der Waals surface area (Å²) in [5.41, 5.74) is 2.59. The predicted octanol–water partition coefficient (Wildman–Crippen LogP) is 2.60. The average molecular weight is 230 g/mol. The third kappa shape index (κ3) is 2.42. The van der Waals surface area contributed by atoms with Crippen LogP contribution in [0.5, 0.6) is 0 Å². The normalized spacial score (nSPS) is 16.4. The van der Waals surface area contributed by atoms with Gasteiger partial charge in [-0.05, 0) is 38.8 Å². The van der Waals surface area contributed by atoms with Crippen LogP contribution in [0.2, 0.25) is 0 Å². The van der Waals surface area contributed by atoms with E-state index in [9.17, 15) is 5.11 Å². The molecule has 1 N–H and O–H groups in total. The Kier molecular flexibility index (Phi) is 3.35. The highest BCUT2D eigenvalue weighted by atomic mass is 16.3. The average Bonchev–Trinajstić information content (AvgIpc) is 3.14. The number of anilines is 1. The Labute approximate surface area is 102 Å². The molecule has 0 aliphatic heterocycles. The van der Waals surface area contributed by atoms with Gasteiger partial charge in [-0.15, -0.1) is 0 Å². The molecule has 1 aromatic rings. The molecule has 0 amide bonds. The van der Waals surface area contributed by atoms with E-state index in [1.54, 1.807) is 13.0 Å². The second-order valence-electron chi connectivity index (χ2n) is 4.58. The van der Waals surface area contributed by atoms with Crippen LogP contribution in [-0.4, -0.2) is 17.7 Å². The number of rotatable bonds is 4. The molecule has 0 heterocycles. The van der Waals surface area contributed by atoms with Crippen LogP contribution in [0, 0.1) is 11.3 Å². The highest BCUT2D eigenvalue weighted by molar-refractivity contribution is 5.59. The first-order valence-corrected chi connectivity index (χ1v) is 6.16. The summed E-state index contributed by atoms with van der Waals surface area (Å²) in [5.74, 6) is 0. The highest BCUT2D eigenvalue weighted by Crippen LogP contribution is 2.35. The van der Waals surface area contributed by atoms with Gasteiger partial charge in [0.05, 0.1) is 17.7 Å². The monoisotopic (exact) mass is 230 g/mol. The van der Waals surface area contributed by atoms with E-state index in [0.717, 1.165) is 17.8 Å². The van der Waals surface area contributed by atoms with Gasteiger partial charge in [0.1, 0.15) is 0 Å². The fourth-order valence-corrected chi connectivity index (χ4v) is 2.23. The Bertz CT molecular complexity index is 444. The lowest BCUT2D eigenvalue weighted by molar-refractivity contribution is 0.199. The van der Waals surface area contributed by atoms with Crippen molar-refractivity contribution in [3.05, 3.63) is 29.3 Å². The van der Waals surface area contributed by atoms with Crippen molar-refractivity contribution in [3.63, 3.8) is 0 Å². The number of hydrogen-bond donors (Lipinski definition) is 1. The van der Waals surface area contributed by atoms with E-state index < -0.39 is 6.10 Å². The minimum Gasteiger partial charge on any atom is -0.389 e. The van der Waals surface area contributed by atoms with Gasteiger partial charge in [0.2, 0.25) is 0 Å². The van der Waals surface area contributed by atoms with Crippen LogP contribution in [0.1, 0.15) is 43.9 Å². The van der Waals surface area contributed by atoms with Crippen LogP contribution in [0.3, 0.4) is 0 Å². The van der Waals surface area contributed by atoms with Crippen molar-refractivity contribution in [1.29, 1.82) is 5.26 Å². The van der Waals surface area contributed by atoms with Crippen LogP contribution >= 0.6 is 0 Å². The molecule has 1 saturated carbocycles. The quantitative estimate of drug-likeness (QED) is 0.864. The zero-order valence-corrected chi connectivity index (χ0v) is 10.3. The number of nitriles is 1. The third-order valence-electron chi connectivity index (χ3n) is 3.25.